The summed E-state index contributed by atoms with van der Waals surface area (Å²) >= 11 is 0. The van der Waals surface area contributed by atoms with Crippen LogP contribution in [-0.4, -0.2) is 47.3 Å². The normalized spacial score (nSPS) is 13.5. The molecule has 0 unspecified atom stereocenters. The van der Waals surface area contributed by atoms with Crippen LogP contribution >= 0.6 is 0 Å². The van der Waals surface area contributed by atoms with Gasteiger partial charge in [-0.25, -0.2) is 0 Å². The topological polar surface area (TPSA) is 77.7 Å². The number of rotatable bonds is 6. The largest absolute Gasteiger partial charge is 0.497 e. The first-order chi connectivity index (χ1) is 15.7. The number of nitrogens with zero attached hydrogens (tertiary/aromatic N) is 3. The van der Waals surface area contributed by atoms with E-state index < -0.39 is 0 Å². The van der Waals surface area contributed by atoms with Crippen molar-refractivity contribution in [1.29, 1.82) is 0 Å². The van der Waals surface area contributed by atoms with Gasteiger partial charge in [-0.15, -0.1) is 0 Å². The molecule has 1 aliphatic heterocycles. The standard InChI is InChI=1S/C25H21N3O4/c1-30-21-9-5-8-19(14-21)25(29)28-15-22(16-28)31-20-12-10-17(11-13-20)23-26-24(32-27-23)18-6-3-2-4-7-18/h2-14,22H,15-16H2,1H3. The summed E-state index contributed by atoms with van der Waals surface area (Å²) in [4.78, 5) is 18.8. The van der Waals surface area contributed by atoms with E-state index in [1.165, 1.54) is 0 Å². The molecule has 3 aromatic carbocycles. The highest BCUT2D eigenvalue weighted by atomic mass is 16.5. The van der Waals surface area contributed by atoms with Gasteiger partial charge in [0.15, 0.2) is 0 Å². The van der Waals surface area contributed by atoms with Gasteiger partial charge in [0.2, 0.25) is 5.82 Å². The van der Waals surface area contributed by atoms with Gasteiger partial charge >= 0.3 is 0 Å². The van der Waals surface area contributed by atoms with Crippen LogP contribution in [0.25, 0.3) is 22.8 Å². The summed E-state index contributed by atoms with van der Waals surface area (Å²) in [6, 6.07) is 24.4. The lowest BCUT2D eigenvalue weighted by Gasteiger charge is -2.39. The van der Waals surface area contributed by atoms with Gasteiger partial charge in [-0.1, -0.05) is 29.4 Å². The summed E-state index contributed by atoms with van der Waals surface area (Å²) in [5.41, 5.74) is 2.33. The van der Waals surface area contributed by atoms with E-state index in [1.54, 1.807) is 24.1 Å². The van der Waals surface area contributed by atoms with Crippen LogP contribution in [0.4, 0.5) is 0 Å². The molecule has 7 nitrogen and oxygen atoms in total. The minimum absolute atomic E-state index is 0.0228. The third-order valence-corrected chi connectivity index (χ3v) is 5.31. The molecule has 7 heteroatoms. The Morgan fingerprint density at radius 1 is 0.938 bits per heavy atom. The predicted molar refractivity (Wildman–Crippen MR) is 118 cm³/mol. The molecule has 1 amide bonds. The SMILES string of the molecule is COc1cccc(C(=O)N2CC(Oc3ccc(-c4noc(-c5ccccc5)n4)cc3)C2)c1. The fourth-order valence-corrected chi connectivity index (χ4v) is 3.53. The van der Waals surface area contributed by atoms with Crippen molar-refractivity contribution in [2.75, 3.05) is 20.2 Å². The minimum Gasteiger partial charge on any atom is -0.497 e. The monoisotopic (exact) mass is 427 g/mol. The van der Waals surface area contributed by atoms with Crippen molar-refractivity contribution < 1.29 is 18.8 Å². The summed E-state index contributed by atoms with van der Waals surface area (Å²) in [6.45, 7) is 1.09. The number of amides is 1. The zero-order valence-corrected chi connectivity index (χ0v) is 17.5. The van der Waals surface area contributed by atoms with Crippen LogP contribution in [0.1, 0.15) is 10.4 Å². The molecular weight excluding hydrogens is 406 g/mol. The number of hydrogen-bond acceptors (Lipinski definition) is 6. The Labute approximate surface area is 185 Å². The molecule has 0 aliphatic carbocycles. The van der Waals surface area contributed by atoms with E-state index in [1.807, 2.05) is 66.7 Å². The highest BCUT2D eigenvalue weighted by Crippen LogP contribution is 2.26. The van der Waals surface area contributed by atoms with E-state index >= 15 is 0 Å². The first kappa shape index (κ1) is 19.8. The van der Waals surface area contributed by atoms with E-state index in [-0.39, 0.29) is 12.0 Å². The van der Waals surface area contributed by atoms with E-state index in [0.717, 1.165) is 16.9 Å². The number of likely N-dealkylation sites (tertiary alicyclic amines) is 1. The molecule has 2 heterocycles. The smallest absolute Gasteiger partial charge is 0.258 e. The third-order valence-electron chi connectivity index (χ3n) is 5.31. The number of methoxy groups -OCH3 is 1. The third kappa shape index (κ3) is 4.05. The van der Waals surface area contributed by atoms with Crippen LogP contribution < -0.4 is 9.47 Å². The molecule has 160 valence electrons. The van der Waals surface area contributed by atoms with Crippen molar-refractivity contribution in [2.24, 2.45) is 0 Å². The molecule has 32 heavy (non-hydrogen) atoms. The number of carbonyl (C=O) groups is 1. The lowest BCUT2D eigenvalue weighted by atomic mass is 10.1. The zero-order chi connectivity index (χ0) is 21.9. The number of benzene rings is 3. The Balaban J connectivity index is 1.18. The maximum absolute atomic E-state index is 12.6. The summed E-state index contributed by atoms with van der Waals surface area (Å²) in [7, 11) is 1.59. The van der Waals surface area contributed by atoms with Gasteiger partial charge in [-0.3, -0.25) is 4.79 Å². The molecule has 5 rings (SSSR count). The quantitative estimate of drug-likeness (QED) is 0.456. The highest BCUT2D eigenvalue weighted by Gasteiger charge is 2.33. The van der Waals surface area contributed by atoms with E-state index in [2.05, 4.69) is 10.1 Å². The fourth-order valence-electron chi connectivity index (χ4n) is 3.53. The molecular formula is C25H21N3O4. The van der Waals surface area contributed by atoms with Crippen LogP contribution in [0.3, 0.4) is 0 Å². The van der Waals surface area contributed by atoms with Gasteiger partial charge in [0.25, 0.3) is 11.8 Å². The van der Waals surface area contributed by atoms with Gasteiger partial charge in [0.05, 0.1) is 20.2 Å². The molecule has 1 saturated heterocycles. The fraction of sp³-hybridized carbons (Fsp3) is 0.160. The van der Waals surface area contributed by atoms with Crippen molar-refractivity contribution in [1.82, 2.24) is 15.0 Å². The Morgan fingerprint density at radius 3 is 2.47 bits per heavy atom. The summed E-state index contributed by atoms with van der Waals surface area (Å²) in [5, 5.41) is 4.07. The predicted octanol–water partition coefficient (Wildman–Crippen LogP) is 4.32. The molecule has 1 aromatic heterocycles. The van der Waals surface area contributed by atoms with Crippen LogP contribution in [0.2, 0.25) is 0 Å². The van der Waals surface area contributed by atoms with Crippen molar-refractivity contribution in [3.63, 3.8) is 0 Å². The number of aromatic nitrogens is 2. The lowest BCUT2D eigenvalue weighted by molar-refractivity contribution is 0.0178. The second kappa shape index (κ2) is 8.55. The molecule has 1 fully saturated rings. The lowest BCUT2D eigenvalue weighted by Crippen LogP contribution is -2.56. The number of carbonyl (C=O) groups excluding carboxylic acids is 1. The van der Waals surface area contributed by atoms with Gasteiger partial charge in [0.1, 0.15) is 17.6 Å². The molecule has 0 radical (unpaired) electrons. The Bertz CT molecular complexity index is 1220. The second-order valence-corrected chi connectivity index (χ2v) is 7.50. The number of ether oxygens (including phenoxy) is 2. The van der Waals surface area contributed by atoms with Crippen molar-refractivity contribution in [3.05, 3.63) is 84.4 Å². The Morgan fingerprint density at radius 2 is 1.72 bits per heavy atom. The van der Waals surface area contributed by atoms with Crippen molar-refractivity contribution >= 4 is 5.91 Å². The maximum Gasteiger partial charge on any atom is 0.258 e. The van der Waals surface area contributed by atoms with Crippen molar-refractivity contribution in [2.45, 2.75) is 6.10 Å². The highest BCUT2D eigenvalue weighted by molar-refractivity contribution is 5.95. The average molecular weight is 427 g/mol. The molecule has 1 aliphatic rings. The molecule has 4 aromatic rings. The second-order valence-electron chi connectivity index (χ2n) is 7.50. The van der Waals surface area contributed by atoms with Gasteiger partial charge in [-0.2, -0.15) is 4.98 Å². The summed E-state index contributed by atoms with van der Waals surface area (Å²) in [5.74, 6) is 2.39. The van der Waals surface area contributed by atoms with Gasteiger partial charge in [-0.05, 0) is 54.6 Å². The van der Waals surface area contributed by atoms with E-state index in [9.17, 15) is 4.79 Å². The summed E-state index contributed by atoms with van der Waals surface area (Å²) < 4.78 is 16.6. The number of hydrogen-bond donors (Lipinski definition) is 0. The van der Waals surface area contributed by atoms with Crippen LogP contribution in [0, 0.1) is 0 Å². The maximum atomic E-state index is 12.6. The first-order valence-corrected chi connectivity index (χ1v) is 10.3. The summed E-state index contributed by atoms with van der Waals surface area (Å²) in [6.07, 6.45) is -0.0368. The Hall–Kier alpha value is -4.13. The molecule has 0 N–H and O–H groups in total. The van der Waals surface area contributed by atoms with Gasteiger partial charge in [0, 0.05) is 16.7 Å². The van der Waals surface area contributed by atoms with Crippen LogP contribution in [-0.2, 0) is 0 Å². The molecule has 0 bridgehead atoms. The molecule has 0 spiro atoms. The van der Waals surface area contributed by atoms with Crippen LogP contribution in [0.15, 0.2) is 83.4 Å². The van der Waals surface area contributed by atoms with E-state index in [4.69, 9.17) is 14.0 Å². The van der Waals surface area contributed by atoms with Crippen molar-refractivity contribution in [3.8, 4) is 34.3 Å². The molecule has 0 saturated carbocycles. The first-order valence-electron chi connectivity index (χ1n) is 10.3. The minimum atomic E-state index is -0.0368. The average Bonchev–Trinajstić information content (AvgIpc) is 3.32. The van der Waals surface area contributed by atoms with Crippen LogP contribution in [0.5, 0.6) is 11.5 Å². The van der Waals surface area contributed by atoms with E-state index in [0.29, 0.717) is 36.1 Å². The van der Waals surface area contributed by atoms with Gasteiger partial charge < -0.3 is 18.9 Å². The Kier molecular flexibility index (Phi) is 5.29. The zero-order valence-electron chi connectivity index (χ0n) is 17.5. The molecule has 0 atom stereocenters.